The lowest BCUT2D eigenvalue weighted by atomic mass is 10.2. The van der Waals surface area contributed by atoms with Crippen LogP contribution < -0.4 is 5.73 Å². The quantitative estimate of drug-likeness (QED) is 0.532. The third-order valence-corrected chi connectivity index (χ3v) is 1.53. The highest BCUT2D eigenvalue weighted by atomic mass is 14.6. The van der Waals surface area contributed by atoms with E-state index in [4.69, 9.17) is 5.73 Å². The molecule has 1 aliphatic carbocycles. The SMILES string of the molecule is NC1=C=Cc2cnccc21. The summed E-state index contributed by atoms with van der Waals surface area (Å²) in [6, 6.07) is 1.89. The van der Waals surface area contributed by atoms with Gasteiger partial charge in [-0.25, -0.2) is 0 Å². The van der Waals surface area contributed by atoms with Crippen molar-refractivity contribution >= 4 is 11.8 Å². The van der Waals surface area contributed by atoms with Crippen molar-refractivity contribution in [3.05, 3.63) is 35.3 Å². The normalized spacial score (nSPS) is 13.0. The maximum absolute atomic E-state index is 5.59. The summed E-state index contributed by atoms with van der Waals surface area (Å²) < 4.78 is 0. The van der Waals surface area contributed by atoms with E-state index in [1.807, 2.05) is 12.1 Å². The van der Waals surface area contributed by atoms with E-state index in [1.165, 1.54) is 0 Å². The summed E-state index contributed by atoms with van der Waals surface area (Å²) in [5.41, 5.74) is 11.3. The van der Waals surface area contributed by atoms with Crippen molar-refractivity contribution < 1.29 is 0 Å². The van der Waals surface area contributed by atoms with E-state index in [0.29, 0.717) is 5.70 Å². The number of hydrogen-bond donors (Lipinski definition) is 1. The summed E-state index contributed by atoms with van der Waals surface area (Å²) >= 11 is 0. The Morgan fingerprint density at radius 1 is 1.50 bits per heavy atom. The second kappa shape index (κ2) is 1.72. The smallest absolute Gasteiger partial charge is 0.0828 e. The van der Waals surface area contributed by atoms with E-state index in [0.717, 1.165) is 11.1 Å². The molecule has 0 aromatic carbocycles. The van der Waals surface area contributed by atoms with Crippen LogP contribution >= 0.6 is 0 Å². The zero-order chi connectivity index (χ0) is 6.97. The van der Waals surface area contributed by atoms with Crippen LogP contribution in [0.25, 0.3) is 11.8 Å². The highest BCUT2D eigenvalue weighted by molar-refractivity contribution is 5.79. The van der Waals surface area contributed by atoms with Gasteiger partial charge in [-0.2, -0.15) is 0 Å². The highest BCUT2D eigenvalue weighted by Gasteiger charge is 2.05. The molecule has 0 spiro atoms. The number of aromatic nitrogens is 1. The van der Waals surface area contributed by atoms with Crippen molar-refractivity contribution in [2.45, 2.75) is 0 Å². The van der Waals surface area contributed by atoms with Crippen LogP contribution in [0.2, 0.25) is 0 Å². The fourth-order valence-corrected chi connectivity index (χ4v) is 1.00. The van der Waals surface area contributed by atoms with Gasteiger partial charge in [0.1, 0.15) is 0 Å². The molecule has 2 rings (SSSR count). The fourth-order valence-electron chi connectivity index (χ4n) is 1.00. The Hall–Kier alpha value is -1.53. The number of rotatable bonds is 0. The highest BCUT2D eigenvalue weighted by Crippen LogP contribution is 2.19. The Morgan fingerprint density at radius 2 is 2.40 bits per heavy atom. The second-order valence-electron chi connectivity index (χ2n) is 2.17. The van der Waals surface area contributed by atoms with E-state index >= 15 is 0 Å². The lowest BCUT2D eigenvalue weighted by molar-refractivity contribution is 1.30. The maximum atomic E-state index is 5.59. The van der Waals surface area contributed by atoms with Gasteiger partial charge in [0.05, 0.1) is 5.70 Å². The van der Waals surface area contributed by atoms with Crippen LogP contribution in [0.4, 0.5) is 0 Å². The molecule has 0 aliphatic heterocycles. The maximum Gasteiger partial charge on any atom is 0.0828 e. The third-order valence-electron chi connectivity index (χ3n) is 1.53. The Kier molecular flexibility index (Phi) is 0.908. The molecule has 0 atom stereocenters. The average molecular weight is 130 g/mol. The van der Waals surface area contributed by atoms with E-state index in [-0.39, 0.29) is 0 Å². The van der Waals surface area contributed by atoms with Crippen LogP contribution in [0.15, 0.2) is 24.2 Å². The molecular formula is C8H6N2. The van der Waals surface area contributed by atoms with Crippen LogP contribution in [0.1, 0.15) is 11.1 Å². The molecule has 0 saturated carbocycles. The van der Waals surface area contributed by atoms with Gasteiger partial charge in [0.25, 0.3) is 0 Å². The topological polar surface area (TPSA) is 38.9 Å². The van der Waals surface area contributed by atoms with Gasteiger partial charge in [0, 0.05) is 23.5 Å². The molecule has 0 bridgehead atoms. The molecule has 0 radical (unpaired) electrons. The first-order valence-electron chi connectivity index (χ1n) is 3.04. The lowest BCUT2D eigenvalue weighted by Crippen LogP contribution is -1.93. The molecule has 0 fully saturated rings. The van der Waals surface area contributed by atoms with E-state index in [2.05, 4.69) is 10.7 Å². The molecular weight excluding hydrogens is 124 g/mol. The predicted molar refractivity (Wildman–Crippen MR) is 39.8 cm³/mol. The monoisotopic (exact) mass is 130 g/mol. The average Bonchev–Trinajstić information content (AvgIpc) is 2.34. The van der Waals surface area contributed by atoms with Crippen molar-refractivity contribution in [1.29, 1.82) is 0 Å². The largest absolute Gasteiger partial charge is 0.392 e. The molecule has 48 valence electrons. The van der Waals surface area contributed by atoms with Crippen molar-refractivity contribution in [2.24, 2.45) is 5.73 Å². The summed E-state index contributed by atoms with van der Waals surface area (Å²) in [7, 11) is 0. The van der Waals surface area contributed by atoms with Gasteiger partial charge in [0.15, 0.2) is 0 Å². The molecule has 1 heterocycles. The van der Waals surface area contributed by atoms with Crippen LogP contribution in [0, 0.1) is 0 Å². The van der Waals surface area contributed by atoms with Gasteiger partial charge in [-0.05, 0) is 12.1 Å². The minimum atomic E-state index is 0.706. The summed E-state index contributed by atoms with van der Waals surface area (Å²) in [5.74, 6) is 0. The molecule has 1 aliphatic rings. The standard InChI is InChI=1S/C8H6N2/c9-8-2-1-6-5-10-4-3-7(6)8/h1,3-5H,9H2. The zero-order valence-corrected chi connectivity index (χ0v) is 5.33. The van der Waals surface area contributed by atoms with Gasteiger partial charge >= 0.3 is 0 Å². The van der Waals surface area contributed by atoms with E-state index in [9.17, 15) is 0 Å². The summed E-state index contributed by atoms with van der Waals surface area (Å²) in [6.45, 7) is 0. The molecule has 1 aromatic rings. The number of nitrogens with zero attached hydrogens (tertiary/aromatic N) is 1. The van der Waals surface area contributed by atoms with Crippen LogP contribution in [-0.2, 0) is 0 Å². The number of fused-ring (bicyclic) bond motifs is 1. The Labute approximate surface area is 58.7 Å². The third kappa shape index (κ3) is 0.567. The number of nitrogens with two attached hydrogens (primary N) is 1. The zero-order valence-electron chi connectivity index (χ0n) is 5.33. The van der Waals surface area contributed by atoms with Crippen LogP contribution in [0.3, 0.4) is 0 Å². The molecule has 2 nitrogen and oxygen atoms in total. The summed E-state index contributed by atoms with van der Waals surface area (Å²) in [5, 5.41) is 0. The van der Waals surface area contributed by atoms with E-state index < -0.39 is 0 Å². The first-order chi connectivity index (χ1) is 4.88. The van der Waals surface area contributed by atoms with Crippen LogP contribution in [-0.4, -0.2) is 4.98 Å². The Balaban J connectivity index is 2.70. The molecule has 0 unspecified atom stereocenters. The number of hydrogen-bond acceptors (Lipinski definition) is 2. The molecule has 2 N–H and O–H groups in total. The Morgan fingerprint density at radius 3 is 3.20 bits per heavy atom. The molecule has 0 saturated heterocycles. The van der Waals surface area contributed by atoms with Crippen LogP contribution in [0.5, 0.6) is 0 Å². The summed E-state index contributed by atoms with van der Waals surface area (Å²) in [4.78, 5) is 3.95. The lowest BCUT2D eigenvalue weighted by Gasteiger charge is -1.95. The predicted octanol–water partition coefficient (Wildman–Crippen LogP) is 1.01. The molecule has 0 amide bonds. The van der Waals surface area contributed by atoms with Gasteiger partial charge in [0.2, 0.25) is 0 Å². The first kappa shape index (κ1) is 5.27. The second-order valence-corrected chi connectivity index (χ2v) is 2.17. The minimum Gasteiger partial charge on any atom is -0.392 e. The van der Waals surface area contributed by atoms with E-state index in [1.54, 1.807) is 12.4 Å². The van der Waals surface area contributed by atoms with Crippen molar-refractivity contribution in [2.75, 3.05) is 0 Å². The minimum absolute atomic E-state index is 0.706. The van der Waals surface area contributed by atoms with Gasteiger partial charge in [-0.3, -0.25) is 4.98 Å². The van der Waals surface area contributed by atoms with Gasteiger partial charge in [-0.15, -0.1) is 0 Å². The molecule has 10 heavy (non-hydrogen) atoms. The van der Waals surface area contributed by atoms with Crippen molar-refractivity contribution in [3.63, 3.8) is 0 Å². The Bertz CT molecular complexity index is 333. The van der Waals surface area contributed by atoms with Crippen molar-refractivity contribution in [1.82, 2.24) is 4.98 Å². The van der Waals surface area contributed by atoms with Gasteiger partial charge in [-0.1, -0.05) is 5.73 Å². The van der Waals surface area contributed by atoms with Gasteiger partial charge < -0.3 is 5.73 Å². The van der Waals surface area contributed by atoms with Crippen molar-refractivity contribution in [3.8, 4) is 0 Å². The molecule has 1 aromatic heterocycles. The number of pyridine rings is 1. The molecule has 2 heteroatoms. The fraction of sp³-hybridized carbons (Fsp3) is 0. The summed E-state index contributed by atoms with van der Waals surface area (Å²) in [6.07, 6.45) is 5.35. The first-order valence-corrected chi connectivity index (χ1v) is 3.04.